The zero-order chi connectivity index (χ0) is 10.7. The van der Waals surface area contributed by atoms with Crippen molar-refractivity contribution in [3.8, 4) is 0 Å². The second-order valence-corrected chi connectivity index (χ2v) is 3.86. The molecule has 1 aromatic heterocycles. The van der Waals surface area contributed by atoms with Gasteiger partial charge in [-0.1, -0.05) is 0 Å². The van der Waals surface area contributed by atoms with Crippen LogP contribution in [0.5, 0.6) is 0 Å². The summed E-state index contributed by atoms with van der Waals surface area (Å²) in [7, 11) is -1.51. The number of carboxylic acid groups (broad SMARTS) is 1. The number of carboxylic acids is 1. The van der Waals surface area contributed by atoms with Crippen LogP contribution in [0.3, 0.4) is 0 Å². The molecule has 1 aromatic rings. The van der Waals surface area contributed by atoms with E-state index in [-0.39, 0.29) is 6.42 Å². The summed E-state index contributed by atoms with van der Waals surface area (Å²) in [6, 6.07) is 0.593. The predicted octanol–water partition coefficient (Wildman–Crippen LogP) is -1.62. The first kappa shape index (κ1) is 11.2. The van der Waals surface area contributed by atoms with E-state index < -0.39 is 19.1 Å². The fourth-order valence-electron chi connectivity index (χ4n) is 0.944. The molecule has 5 N–H and O–H groups in total. The quantitative estimate of drug-likeness (QED) is 0.452. The van der Waals surface area contributed by atoms with Crippen molar-refractivity contribution in [3.63, 3.8) is 0 Å². The van der Waals surface area contributed by atoms with E-state index in [9.17, 15) is 4.79 Å². The Kier molecular flexibility index (Phi) is 3.65. The molecule has 0 amide bonds. The van der Waals surface area contributed by atoms with Gasteiger partial charge in [-0.05, 0) is 16.9 Å². The average Bonchev–Trinajstić information content (AvgIpc) is 2.52. The van der Waals surface area contributed by atoms with Crippen LogP contribution in [-0.4, -0.2) is 34.3 Å². The molecule has 1 heterocycles. The van der Waals surface area contributed by atoms with E-state index in [1.54, 1.807) is 5.38 Å². The van der Waals surface area contributed by atoms with E-state index in [1.807, 2.05) is 0 Å². The van der Waals surface area contributed by atoms with Crippen LogP contribution in [0.25, 0.3) is 0 Å². The number of thiophene rings is 1. The van der Waals surface area contributed by atoms with E-state index in [4.69, 9.17) is 20.9 Å². The minimum Gasteiger partial charge on any atom is -0.480 e. The van der Waals surface area contributed by atoms with Gasteiger partial charge in [0.1, 0.15) is 6.04 Å². The molecule has 76 valence electrons. The van der Waals surface area contributed by atoms with Crippen LogP contribution in [0.15, 0.2) is 11.4 Å². The second kappa shape index (κ2) is 4.56. The third-order valence-corrected chi connectivity index (χ3v) is 2.69. The first-order valence-electron chi connectivity index (χ1n) is 3.92. The van der Waals surface area contributed by atoms with Crippen LogP contribution in [-0.2, 0) is 11.2 Å². The van der Waals surface area contributed by atoms with E-state index in [0.29, 0.717) is 5.46 Å². The van der Waals surface area contributed by atoms with Crippen LogP contribution < -0.4 is 11.2 Å². The SMILES string of the molecule is NC(Cc1cc(B(O)O)cs1)C(=O)O. The lowest BCUT2D eigenvalue weighted by Crippen LogP contribution is -2.32. The summed E-state index contributed by atoms with van der Waals surface area (Å²) >= 11 is 1.26. The molecule has 5 nitrogen and oxygen atoms in total. The predicted molar refractivity (Wildman–Crippen MR) is 53.5 cm³/mol. The Morgan fingerprint density at radius 2 is 2.29 bits per heavy atom. The van der Waals surface area contributed by atoms with E-state index in [0.717, 1.165) is 4.88 Å². The fourth-order valence-corrected chi connectivity index (χ4v) is 1.90. The summed E-state index contributed by atoms with van der Waals surface area (Å²) in [5.41, 5.74) is 5.68. The van der Waals surface area contributed by atoms with Gasteiger partial charge in [-0.3, -0.25) is 4.79 Å². The molecule has 1 atom stereocenters. The standard InChI is InChI=1S/C7H10BNO4S/c9-6(7(10)11)2-5-1-4(3-14-5)8(12)13/h1,3,6,12-13H,2,9H2,(H,10,11). The summed E-state index contributed by atoms with van der Waals surface area (Å²) in [4.78, 5) is 11.2. The average molecular weight is 215 g/mol. The van der Waals surface area contributed by atoms with Gasteiger partial charge in [0.15, 0.2) is 0 Å². The molecule has 1 rings (SSSR count). The van der Waals surface area contributed by atoms with E-state index in [1.165, 1.54) is 17.4 Å². The Balaban J connectivity index is 2.64. The van der Waals surface area contributed by atoms with Crippen molar-refractivity contribution in [3.05, 3.63) is 16.3 Å². The maximum atomic E-state index is 10.4. The number of rotatable bonds is 4. The number of carbonyl (C=O) groups is 1. The Morgan fingerprint density at radius 3 is 2.71 bits per heavy atom. The third-order valence-electron chi connectivity index (χ3n) is 1.71. The van der Waals surface area contributed by atoms with Crippen LogP contribution >= 0.6 is 11.3 Å². The second-order valence-electron chi connectivity index (χ2n) is 2.87. The maximum absolute atomic E-state index is 10.4. The summed E-state index contributed by atoms with van der Waals surface area (Å²) in [5.74, 6) is -1.07. The minimum absolute atomic E-state index is 0.201. The van der Waals surface area contributed by atoms with Gasteiger partial charge in [0.25, 0.3) is 0 Å². The molecule has 14 heavy (non-hydrogen) atoms. The molecule has 0 aliphatic carbocycles. The van der Waals surface area contributed by atoms with Gasteiger partial charge in [0, 0.05) is 11.3 Å². The largest absolute Gasteiger partial charge is 0.489 e. The molecule has 7 heteroatoms. The lowest BCUT2D eigenvalue weighted by Gasteiger charge is -2.02. The van der Waals surface area contributed by atoms with Gasteiger partial charge in [0.05, 0.1) is 0 Å². The summed E-state index contributed by atoms with van der Waals surface area (Å²) < 4.78 is 0. The van der Waals surface area contributed by atoms with Crippen LogP contribution in [0.1, 0.15) is 4.88 Å². The highest BCUT2D eigenvalue weighted by atomic mass is 32.1. The van der Waals surface area contributed by atoms with Crippen molar-refractivity contribution in [2.75, 3.05) is 0 Å². The van der Waals surface area contributed by atoms with Gasteiger partial charge < -0.3 is 20.9 Å². The van der Waals surface area contributed by atoms with Crippen LogP contribution in [0, 0.1) is 0 Å². The van der Waals surface area contributed by atoms with Crippen molar-refractivity contribution in [1.29, 1.82) is 0 Å². The van der Waals surface area contributed by atoms with Crippen LogP contribution in [0.2, 0.25) is 0 Å². The van der Waals surface area contributed by atoms with Gasteiger partial charge in [-0.15, -0.1) is 11.3 Å². The van der Waals surface area contributed by atoms with E-state index >= 15 is 0 Å². The Labute approximate surface area is 84.9 Å². The molecule has 0 aromatic carbocycles. The van der Waals surface area contributed by atoms with Gasteiger partial charge in [-0.2, -0.15) is 0 Å². The molecule has 0 saturated carbocycles. The Hall–Kier alpha value is -0.885. The Bertz CT molecular complexity index is 327. The van der Waals surface area contributed by atoms with Gasteiger partial charge >= 0.3 is 13.1 Å². The van der Waals surface area contributed by atoms with Crippen molar-refractivity contribution >= 4 is 29.9 Å². The highest BCUT2D eigenvalue weighted by Gasteiger charge is 2.17. The lowest BCUT2D eigenvalue weighted by molar-refractivity contribution is -0.138. The zero-order valence-electron chi connectivity index (χ0n) is 7.25. The minimum atomic E-state index is -1.51. The van der Waals surface area contributed by atoms with E-state index in [2.05, 4.69) is 0 Å². The van der Waals surface area contributed by atoms with Crippen molar-refractivity contribution < 1.29 is 19.9 Å². The molecular formula is C7H10BNO4S. The number of aliphatic carboxylic acids is 1. The first-order chi connectivity index (χ1) is 6.50. The number of hydrogen-bond donors (Lipinski definition) is 4. The normalized spacial score (nSPS) is 12.5. The smallest absolute Gasteiger partial charge is 0.480 e. The maximum Gasteiger partial charge on any atom is 0.489 e. The molecular weight excluding hydrogens is 205 g/mol. The highest BCUT2D eigenvalue weighted by molar-refractivity contribution is 7.11. The van der Waals surface area contributed by atoms with Crippen molar-refractivity contribution in [2.24, 2.45) is 5.73 Å². The van der Waals surface area contributed by atoms with Crippen LogP contribution in [0.4, 0.5) is 0 Å². The van der Waals surface area contributed by atoms with Gasteiger partial charge in [0.2, 0.25) is 0 Å². The molecule has 0 saturated heterocycles. The molecule has 0 radical (unpaired) electrons. The number of hydrogen-bond acceptors (Lipinski definition) is 5. The van der Waals surface area contributed by atoms with Crippen molar-refractivity contribution in [2.45, 2.75) is 12.5 Å². The molecule has 0 bridgehead atoms. The molecule has 0 aliphatic rings. The third kappa shape index (κ3) is 2.81. The summed E-state index contributed by atoms with van der Waals surface area (Å²) in [5, 5.41) is 27.7. The molecule has 0 aliphatic heterocycles. The lowest BCUT2D eigenvalue weighted by atomic mass is 9.82. The highest BCUT2D eigenvalue weighted by Crippen LogP contribution is 2.09. The molecule has 1 unspecified atom stereocenters. The number of nitrogens with two attached hydrogens (primary N) is 1. The Morgan fingerprint density at radius 1 is 1.64 bits per heavy atom. The molecule has 0 spiro atoms. The fraction of sp³-hybridized carbons (Fsp3) is 0.286. The monoisotopic (exact) mass is 215 g/mol. The van der Waals surface area contributed by atoms with Gasteiger partial charge in [-0.25, -0.2) is 0 Å². The topological polar surface area (TPSA) is 104 Å². The summed E-state index contributed by atoms with van der Waals surface area (Å²) in [6.07, 6.45) is 0.201. The summed E-state index contributed by atoms with van der Waals surface area (Å²) in [6.45, 7) is 0. The molecule has 0 fully saturated rings. The first-order valence-corrected chi connectivity index (χ1v) is 4.80. The zero-order valence-corrected chi connectivity index (χ0v) is 8.07. The van der Waals surface area contributed by atoms with Crippen molar-refractivity contribution in [1.82, 2.24) is 0 Å².